The molecule has 0 aliphatic rings. The van der Waals surface area contributed by atoms with Crippen molar-refractivity contribution in [3.8, 4) is 22.6 Å². The van der Waals surface area contributed by atoms with Gasteiger partial charge in [0.05, 0.1) is 30.6 Å². The second-order valence-corrected chi connectivity index (χ2v) is 6.45. The second kappa shape index (κ2) is 7.01. The van der Waals surface area contributed by atoms with E-state index in [9.17, 15) is 0 Å². The fourth-order valence-corrected chi connectivity index (χ4v) is 3.75. The van der Waals surface area contributed by atoms with Gasteiger partial charge in [0, 0.05) is 40.9 Å². The lowest BCUT2D eigenvalue weighted by Gasteiger charge is -2.12. The van der Waals surface area contributed by atoms with Crippen molar-refractivity contribution in [1.82, 2.24) is 20.2 Å². The molecule has 0 atom stereocenters. The maximum Gasteiger partial charge on any atom is 0.147 e. The molecule has 132 valence electrons. The van der Waals surface area contributed by atoms with Crippen LogP contribution in [0, 0.1) is 0 Å². The molecule has 0 aliphatic carbocycles. The summed E-state index contributed by atoms with van der Waals surface area (Å²) in [5.74, 6) is 2.33. The Balaban J connectivity index is 1.62. The predicted molar refractivity (Wildman–Crippen MR) is 102 cm³/mol. The number of rotatable bonds is 6. The molecular weight excluding hydrogens is 350 g/mol. The number of anilines is 1. The van der Waals surface area contributed by atoms with Gasteiger partial charge in [-0.25, -0.2) is 9.97 Å². The topological polar surface area (TPSA) is 85.0 Å². The van der Waals surface area contributed by atoms with Gasteiger partial charge >= 0.3 is 0 Å². The van der Waals surface area contributed by atoms with Crippen LogP contribution in [0.3, 0.4) is 0 Å². The molecule has 1 aromatic carbocycles. The van der Waals surface area contributed by atoms with Crippen molar-refractivity contribution in [2.75, 3.05) is 19.5 Å². The highest BCUT2D eigenvalue weighted by Crippen LogP contribution is 2.35. The van der Waals surface area contributed by atoms with E-state index in [-0.39, 0.29) is 0 Å². The maximum absolute atomic E-state index is 5.46. The molecule has 0 amide bonds. The van der Waals surface area contributed by atoms with Gasteiger partial charge in [-0.1, -0.05) is 0 Å². The Morgan fingerprint density at radius 2 is 2.12 bits per heavy atom. The highest BCUT2D eigenvalue weighted by atomic mass is 32.1. The molecule has 0 radical (unpaired) electrons. The Bertz CT molecular complexity index is 1030. The van der Waals surface area contributed by atoms with Crippen LogP contribution in [0.4, 0.5) is 5.82 Å². The second-order valence-electron chi connectivity index (χ2n) is 5.57. The molecule has 0 bridgehead atoms. The van der Waals surface area contributed by atoms with Crippen LogP contribution in [-0.2, 0) is 6.54 Å². The summed E-state index contributed by atoms with van der Waals surface area (Å²) in [6, 6.07) is 5.76. The highest BCUT2D eigenvalue weighted by Gasteiger charge is 2.13. The molecule has 0 saturated carbocycles. The molecule has 0 fully saturated rings. The number of fused-ring (bicyclic) bond motifs is 1. The van der Waals surface area contributed by atoms with Crippen molar-refractivity contribution in [3.05, 3.63) is 47.9 Å². The molecule has 26 heavy (non-hydrogen) atoms. The lowest BCUT2D eigenvalue weighted by Crippen LogP contribution is -2.04. The lowest BCUT2D eigenvalue weighted by molar-refractivity contribution is 0.391. The van der Waals surface area contributed by atoms with Crippen LogP contribution in [0.15, 0.2) is 42.3 Å². The van der Waals surface area contributed by atoms with Crippen molar-refractivity contribution in [1.29, 1.82) is 0 Å². The minimum absolute atomic E-state index is 0.582. The van der Waals surface area contributed by atoms with E-state index in [1.165, 1.54) is 0 Å². The summed E-state index contributed by atoms with van der Waals surface area (Å²) < 4.78 is 11.7. The van der Waals surface area contributed by atoms with Crippen molar-refractivity contribution < 1.29 is 9.47 Å². The molecule has 0 unspecified atom stereocenters. The number of aromatic amines is 1. The average molecular weight is 367 g/mol. The zero-order chi connectivity index (χ0) is 17.9. The number of nitrogens with one attached hydrogen (secondary N) is 2. The van der Waals surface area contributed by atoms with Gasteiger partial charge in [0.25, 0.3) is 0 Å². The van der Waals surface area contributed by atoms with Crippen molar-refractivity contribution >= 4 is 27.4 Å². The Kier molecular flexibility index (Phi) is 4.40. The first-order chi connectivity index (χ1) is 12.8. The van der Waals surface area contributed by atoms with E-state index in [4.69, 9.17) is 9.47 Å². The van der Waals surface area contributed by atoms with Crippen LogP contribution in [0.25, 0.3) is 21.3 Å². The number of hydrogen-bond acceptors (Lipinski definition) is 7. The van der Waals surface area contributed by atoms with E-state index in [2.05, 4.69) is 30.9 Å². The monoisotopic (exact) mass is 367 g/mol. The van der Waals surface area contributed by atoms with Gasteiger partial charge in [0.1, 0.15) is 23.6 Å². The predicted octanol–water partition coefficient (Wildman–Crippen LogP) is 3.71. The van der Waals surface area contributed by atoms with Gasteiger partial charge in [-0.3, -0.25) is 5.10 Å². The van der Waals surface area contributed by atoms with E-state index in [0.717, 1.165) is 44.2 Å². The molecule has 4 aromatic rings. The molecule has 8 heteroatoms. The number of methoxy groups -OCH3 is 2. The zero-order valence-corrected chi connectivity index (χ0v) is 15.1. The average Bonchev–Trinajstić information content (AvgIpc) is 3.35. The molecule has 0 saturated heterocycles. The Morgan fingerprint density at radius 3 is 2.88 bits per heavy atom. The third kappa shape index (κ3) is 2.95. The van der Waals surface area contributed by atoms with Gasteiger partial charge in [0.2, 0.25) is 0 Å². The van der Waals surface area contributed by atoms with Crippen LogP contribution >= 0.6 is 11.3 Å². The zero-order valence-electron chi connectivity index (χ0n) is 14.3. The third-order valence-electron chi connectivity index (χ3n) is 4.10. The molecule has 0 spiro atoms. The summed E-state index contributed by atoms with van der Waals surface area (Å²) in [5.41, 5.74) is 3.99. The largest absolute Gasteiger partial charge is 0.497 e. The van der Waals surface area contributed by atoms with E-state index in [1.807, 2.05) is 24.4 Å². The molecule has 3 aromatic heterocycles. The normalized spacial score (nSPS) is 10.8. The SMILES string of the molecule is COc1ccc(CNc2ncnc3c(-c4cn[nH]c4)csc23)c(OC)c1. The first-order valence-corrected chi connectivity index (χ1v) is 8.84. The van der Waals surface area contributed by atoms with Crippen LogP contribution in [0.5, 0.6) is 11.5 Å². The Hall–Kier alpha value is -3.13. The number of benzene rings is 1. The van der Waals surface area contributed by atoms with E-state index in [1.54, 1.807) is 38.1 Å². The lowest BCUT2D eigenvalue weighted by atomic mass is 10.1. The summed E-state index contributed by atoms with van der Waals surface area (Å²) in [6.07, 6.45) is 5.23. The Morgan fingerprint density at radius 1 is 1.19 bits per heavy atom. The molecule has 3 heterocycles. The number of aromatic nitrogens is 4. The van der Waals surface area contributed by atoms with Crippen molar-refractivity contribution in [2.45, 2.75) is 6.54 Å². The summed E-state index contributed by atoms with van der Waals surface area (Å²) in [6.45, 7) is 0.582. The summed E-state index contributed by atoms with van der Waals surface area (Å²) in [5, 5.41) is 12.3. The first kappa shape index (κ1) is 16.3. The van der Waals surface area contributed by atoms with Gasteiger partial charge in [-0.15, -0.1) is 11.3 Å². The number of thiophene rings is 1. The number of hydrogen-bond donors (Lipinski definition) is 2. The number of ether oxygens (including phenoxy) is 2. The quantitative estimate of drug-likeness (QED) is 0.540. The van der Waals surface area contributed by atoms with Crippen molar-refractivity contribution in [2.24, 2.45) is 0 Å². The smallest absolute Gasteiger partial charge is 0.147 e. The van der Waals surface area contributed by atoms with Crippen LogP contribution in [0.2, 0.25) is 0 Å². The number of H-pyrrole nitrogens is 1. The van der Waals surface area contributed by atoms with Crippen LogP contribution in [-0.4, -0.2) is 34.4 Å². The van der Waals surface area contributed by atoms with E-state index < -0.39 is 0 Å². The molecule has 2 N–H and O–H groups in total. The minimum Gasteiger partial charge on any atom is -0.497 e. The van der Waals surface area contributed by atoms with E-state index in [0.29, 0.717) is 6.54 Å². The van der Waals surface area contributed by atoms with Crippen molar-refractivity contribution in [3.63, 3.8) is 0 Å². The minimum atomic E-state index is 0.582. The maximum atomic E-state index is 5.46. The van der Waals surface area contributed by atoms with Crippen LogP contribution in [0.1, 0.15) is 5.56 Å². The van der Waals surface area contributed by atoms with Gasteiger partial charge in [0.15, 0.2) is 0 Å². The molecule has 0 aliphatic heterocycles. The molecule has 7 nitrogen and oxygen atoms in total. The fraction of sp³-hybridized carbons (Fsp3) is 0.167. The fourth-order valence-electron chi connectivity index (χ4n) is 2.76. The van der Waals surface area contributed by atoms with Crippen LogP contribution < -0.4 is 14.8 Å². The highest BCUT2D eigenvalue weighted by molar-refractivity contribution is 7.18. The summed E-state index contributed by atoms with van der Waals surface area (Å²) in [7, 11) is 3.29. The first-order valence-electron chi connectivity index (χ1n) is 7.96. The molecule has 4 rings (SSSR count). The standard InChI is InChI=1S/C18H17N5O2S/c1-24-13-4-3-11(15(5-13)25-2)6-19-18-17-16(20-10-21-18)14(9-26-17)12-7-22-23-8-12/h3-5,7-10H,6H2,1-2H3,(H,22,23)(H,19,20,21). The summed E-state index contributed by atoms with van der Waals surface area (Å²) in [4.78, 5) is 8.85. The third-order valence-corrected chi connectivity index (χ3v) is 5.08. The Labute approximate surface area is 154 Å². The number of nitrogens with zero attached hydrogens (tertiary/aromatic N) is 3. The van der Waals surface area contributed by atoms with Gasteiger partial charge < -0.3 is 14.8 Å². The van der Waals surface area contributed by atoms with E-state index >= 15 is 0 Å². The summed E-state index contributed by atoms with van der Waals surface area (Å²) >= 11 is 1.61. The molecular formula is C18H17N5O2S. The van der Waals surface area contributed by atoms with Gasteiger partial charge in [-0.05, 0) is 12.1 Å². The van der Waals surface area contributed by atoms with Gasteiger partial charge in [-0.2, -0.15) is 5.10 Å².